The third-order valence-electron chi connectivity index (χ3n) is 6.90. The highest BCUT2D eigenvalue weighted by atomic mass is 15.4. The summed E-state index contributed by atoms with van der Waals surface area (Å²) in [5.74, 6) is 1.27. The van der Waals surface area contributed by atoms with Crippen LogP contribution in [0.2, 0.25) is 0 Å². The topological polar surface area (TPSA) is 40.4 Å². The molecule has 0 atom stereocenters. The lowest BCUT2D eigenvalue weighted by molar-refractivity contribution is 0.200. The Balaban J connectivity index is 1.73. The summed E-state index contributed by atoms with van der Waals surface area (Å²) in [7, 11) is 0. The van der Waals surface area contributed by atoms with Gasteiger partial charge in [0.1, 0.15) is 5.82 Å². The number of nitrogens with zero attached hydrogens (tertiary/aromatic N) is 6. The molecule has 1 aliphatic rings. The highest BCUT2D eigenvalue weighted by Gasteiger charge is 2.27. The Hall–Kier alpha value is -2.70. The van der Waals surface area contributed by atoms with E-state index < -0.39 is 0 Å². The first-order valence-electron chi connectivity index (χ1n) is 12.8. The van der Waals surface area contributed by atoms with Gasteiger partial charge in [0.2, 0.25) is 0 Å². The van der Waals surface area contributed by atoms with Crippen molar-refractivity contribution in [2.45, 2.75) is 60.2 Å². The molecule has 1 aromatic carbocycles. The molecule has 0 N–H and O–H groups in total. The van der Waals surface area contributed by atoms with Crippen molar-refractivity contribution in [3.05, 3.63) is 71.2 Å². The van der Waals surface area contributed by atoms with Gasteiger partial charge in [0.05, 0.1) is 17.1 Å². The summed E-state index contributed by atoms with van der Waals surface area (Å²) in [6.07, 6.45) is 0.922. The number of pyridine rings is 1. The van der Waals surface area contributed by atoms with Crippen LogP contribution in [0, 0.1) is 6.92 Å². The van der Waals surface area contributed by atoms with E-state index in [1.54, 1.807) is 0 Å². The number of hydrogen-bond donors (Lipinski definition) is 0. The van der Waals surface area contributed by atoms with E-state index in [1.165, 1.54) is 17.1 Å². The first-order valence-corrected chi connectivity index (χ1v) is 12.8. The molecule has 0 unspecified atom stereocenters. The standard InChI is InChI=1S/C28H40N6/c1-6-27-26(21-33(22(3)4)20-24-13-11-12-23(5)29-24)28(32-18-16-31(7-2)17-19-32)34(30-27)25-14-9-8-10-15-25/h8-15,22H,6-7,16-21H2,1-5H3. The molecule has 182 valence electrons. The van der Waals surface area contributed by atoms with Gasteiger partial charge >= 0.3 is 0 Å². The zero-order valence-corrected chi connectivity index (χ0v) is 21.5. The summed E-state index contributed by atoms with van der Waals surface area (Å²) in [6, 6.07) is 17.3. The van der Waals surface area contributed by atoms with Crippen molar-refractivity contribution in [2.75, 3.05) is 37.6 Å². The van der Waals surface area contributed by atoms with Gasteiger partial charge in [-0.15, -0.1) is 0 Å². The van der Waals surface area contributed by atoms with Gasteiger partial charge in [-0.05, 0) is 58.0 Å². The van der Waals surface area contributed by atoms with Gasteiger partial charge in [-0.25, -0.2) is 4.68 Å². The lowest BCUT2D eigenvalue weighted by Gasteiger charge is -2.36. The second kappa shape index (κ2) is 11.2. The summed E-state index contributed by atoms with van der Waals surface area (Å²) in [4.78, 5) is 12.4. The van der Waals surface area contributed by atoms with E-state index in [9.17, 15) is 0 Å². The van der Waals surface area contributed by atoms with Crippen molar-refractivity contribution in [3.63, 3.8) is 0 Å². The zero-order chi connectivity index (χ0) is 24.1. The van der Waals surface area contributed by atoms with Crippen LogP contribution in [-0.4, -0.2) is 63.3 Å². The minimum absolute atomic E-state index is 0.400. The maximum atomic E-state index is 5.17. The van der Waals surface area contributed by atoms with E-state index in [0.29, 0.717) is 6.04 Å². The molecule has 3 aromatic rings. The largest absolute Gasteiger partial charge is 0.354 e. The average molecular weight is 461 g/mol. The van der Waals surface area contributed by atoms with Gasteiger partial charge in [0, 0.05) is 56.6 Å². The predicted molar refractivity (Wildman–Crippen MR) is 141 cm³/mol. The number of anilines is 1. The molecule has 0 saturated carbocycles. The number of rotatable bonds is 9. The molecule has 4 rings (SSSR count). The van der Waals surface area contributed by atoms with Crippen molar-refractivity contribution in [1.29, 1.82) is 0 Å². The predicted octanol–water partition coefficient (Wildman–Crippen LogP) is 4.69. The van der Waals surface area contributed by atoms with Gasteiger partial charge in [-0.3, -0.25) is 9.88 Å². The molecule has 1 fully saturated rings. The molecule has 0 amide bonds. The minimum Gasteiger partial charge on any atom is -0.354 e. The SMILES string of the molecule is CCc1nn(-c2ccccc2)c(N2CCN(CC)CC2)c1CN(Cc1cccc(C)n1)C(C)C. The van der Waals surface area contributed by atoms with E-state index in [2.05, 4.69) is 103 Å². The van der Waals surface area contributed by atoms with Crippen LogP contribution in [0.25, 0.3) is 5.69 Å². The Morgan fingerprint density at radius 1 is 0.912 bits per heavy atom. The lowest BCUT2D eigenvalue weighted by atomic mass is 10.1. The molecule has 1 saturated heterocycles. The molecule has 0 spiro atoms. The first-order chi connectivity index (χ1) is 16.5. The van der Waals surface area contributed by atoms with Crippen molar-refractivity contribution in [1.82, 2.24) is 24.6 Å². The number of likely N-dealkylation sites (N-methyl/N-ethyl adjacent to an activating group) is 1. The van der Waals surface area contributed by atoms with Gasteiger partial charge in [-0.2, -0.15) is 5.10 Å². The molecular formula is C28H40N6. The van der Waals surface area contributed by atoms with Gasteiger partial charge < -0.3 is 9.80 Å². The Labute approximate surface area is 205 Å². The van der Waals surface area contributed by atoms with Crippen LogP contribution in [0.4, 0.5) is 5.82 Å². The molecular weight excluding hydrogens is 420 g/mol. The Kier molecular flexibility index (Phi) is 8.01. The Bertz CT molecular complexity index is 1050. The zero-order valence-electron chi connectivity index (χ0n) is 21.5. The van der Waals surface area contributed by atoms with E-state index in [1.807, 2.05) is 0 Å². The fraction of sp³-hybridized carbons (Fsp3) is 0.500. The number of aromatic nitrogens is 3. The van der Waals surface area contributed by atoms with Crippen LogP contribution in [0.5, 0.6) is 0 Å². The number of benzene rings is 1. The van der Waals surface area contributed by atoms with Crippen LogP contribution in [0.1, 0.15) is 50.3 Å². The normalized spacial score (nSPS) is 15.0. The van der Waals surface area contributed by atoms with Crippen molar-refractivity contribution in [3.8, 4) is 5.69 Å². The number of para-hydroxylation sites is 1. The second-order valence-electron chi connectivity index (χ2n) is 9.54. The van der Waals surface area contributed by atoms with Crippen LogP contribution in [0.3, 0.4) is 0 Å². The molecule has 3 heterocycles. The summed E-state index contributed by atoms with van der Waals surface area (Å²) in [5.41, 5.74) is 5.88. The molecule has 0 radical (unpaired) electrons. The molecule has 0 bridgehead atoms. The summed E-state index contributed by atoms with van der Waals surface area (Å²) < 4.78 is 2.19. The smallest absolute Gasteiger partial charge is 0.137 e. The summed E-state index contributed by atoms with van der Waals surface area (Å²) >= 11 is 0. The first kappa shape index (κ1) is 24.4. The van der Waals surface area contributed by atoms with Gasteiger partial charge in [0.25, 0.3) is 0 Å². The van der Waals surface area contributed by atoms with Crippen molar-refractivity contribution >= 4 is 5.82 Å². The third-order valence-corrected chi connectivity index (χ3v) is 6.90. The number of aryl methyl sites for hydroxylation is 2. The molecule has 6 heteroatoms. The van der Waals surface area contributed by atoms with Crippen molar-refractivity contribution in [2.24, 2.45) is 0 Å². The van der Waals surface area contributed by atoms with Crippen LogP contribution in [0.15, 0.2) is 48.5 Å². The molecule has 2 aromatic heterocycles. The Morgan fingerprint density at radius 3 is 2.26 bits per heavy atom. The fourth-order valence-corrected chi connectivity index (χ4v) is 4.80. The minimum atomic E-state index is 0.400. The van der Waals surface area contributed by atoms with E-state index in [4.69, 9.17) is 10.1 Å². The molecule has 0 aliphatic carbocycles. The monoisotopic (exact) mass is 460 g/mol. The number of hydrogen-bond acceptors (Lipinski definition) is 5. The molecule has 6 nitrogen and oxygen atoms in total. The molecule has 34 heavy (non-hydrogen) atoms. The van der Waals surface area contributed by atoms with Gasteiger partial charge in [-0.1, -0.05) is 38.1 Å². The maximum absolute atomic E-state index is 5.17. The maximum Gasteiger partial charge on any atom is 0.137 e. The Morgan fingerprint density at radius 2 is 1.65 bits per heavy atom. The summed E-state index contributed by atoms with van der Waals surface area (Å²) in [6.45, 7) is 18.2. The van der Waals surface area contributed by atoms with Crippen molar-refractivity contribution < 1.29 is 0 Å². The van der Waals surface area contributed by atoms with E-state index in [0.717, 1.165) is 69.3 Å². The third kappa shape index (κ3) is 5.50. The average Bonchev–Trinajstić information content (AvgIpc) is 3.22. The highest BCUT2D eigenvalue weighted by Crippen LogP contribution is 2.31. The molecule has 1 aliphatic heterocycles. The van der Waals surface area contributed by atoms with Gasteiger partial charge in [0.15, 0.2) is 0 Å². The summed E-state index contributed by atoms with van der Waals surface area (Å²) in [5, 5.41) is 5.17. The highest BCUT2D eigenvalue weighted by molar-refractivity contribution is 5.56. The fourth-order valence-electron chi connectivity index (χ4n) is 4.80. The lowest BCUT2D eigenvalue weighted by Crippen LogP contribution is -2.47. The van der Waals surface area contributed by atoms with E-state index >= 15 is 0 Å². The second-order valence-corrected chi connectivity index (χ2v) is 9.54. The van der Waals surface area contributed by atoms with Crippen LogP contribution < -0.4 is 4.90 Å². The quantitative estimate of drug-likeness (QED) is 0.463. The van der Waals surface area contributed by atoms with Crippen LogP contribution >= 0.6 is 0 Å². The number of piperazine rings is 1. The van der Waals surface area contributed by atoms with E-state index in [-0.39, 0.29) is 0 Å². The van der Waals surface area contributed by atoms with Crippen LogP contribution in [-0.2, 0) is 19.5 Å².